The summed E-state index contributed by atoms with van der Waals surface area (Å²) in [7, 11) is 0. The van der Waals surface area contributed by atoms with Crippen molar-refractivity contribution in [2.45, 2.75) is 24.1 Å². The normalized spacial score (nSPS) is 15.6. The van der Waals surface area contributed by atoms with Crippen LogP contribution in [0.1, 0.15) is 12.8 Å². The van der Waals surface area contributed by atoms with Crippen LogP contribution in [0.15, 0.2) is 45.5 Å². The molecular weight excluding hydrogens is 356 g/mol. The van der Waals surface area contributed by atoms with E-state index in [-0.39, 0.29) is 11.9 Å². The lowest BCUT2D eigenvalue weighted by Gasteiger charge is -2.32. The van der Waals surface area contributed by atoms with Crippen molar-refractivity contribution in [3.63, 3.8) is 0 Å². The van der Waals surface area contributed by atoms with Gasteiger partial charge in [-0.25, -0.2) is 9.97 Å². The highest BCUT2D eigenvalue weighted by Gasteiger charge is 2.22. The molecule has 0 radical (unpaired) electrons. The van der Waals surface area contributed by atoms with Crippen LogP contribution >= 0.6 is 23.1 Å². The molecule has 25 heavy (non-hydrogen) atoms. The van der Waals surface area contributed by atoms with Gasteiger partial charge in [0.25, 0.3) is 5.22 Å². The Kier molecular flexibility index (Phi) is 4.89. The molecule has 0 spiro atoms. The van der Waals surface area contributed by atoms with Crippen LogP contribution < -0.4 is 10.2 Å². The summed E-state index contributed by atoms with van der Waals surface area (Å²) in [6.45, 7) is 1.85. The highest BCUT2D eigenvalue weighted by molar-refractivity contribution is 7.99. The number of thioether (sulfide) groups is 1. The number of amides is 1. The van der Waals surface area contributed by atoms with E-state index in [1.807, 2.05) is 35.8 Å². The first-order valence-corrected chi connectivity index (χ1v) is 10.1. The van der Waals surface area contributed by atoms with Crippen molar-refractivity contribution < 1.29 is 9.21 Å². The molecule has 1 aliphatic rings. The summed E-state index contributed by atoms with van der Waals surface area (Å²) in [5.74, 6) is 0.347. The summed E-state index contributed by atoms with van der Waals surface area (Å²) in [6, 6.07) is 7.84. The molecule has 1 amide bonds. The molecule has 1 saturated heterocycles. The van der Waals surface area contributed by atoms with Crippen LogP contribution in [0.3, 0.4) is 0 Å². The molecule has 2 aromatic heterocycles. The summed E-state index contributed by atoms with van der Waals surface area (Å²) >= 11 is 2.99. The first-order chi connectivity index (χ1) is 12.3. The lowest BCUT2D eigenvalue weighted by atomic mass is 10.1. The highest BCUT2D eigenvalue weighted by Crippen LogP contribution is 2.24. The number of rotatable bonds is 5. The van der Waals surface area contributed by atoms with E-state index in [4.69, 9.17) is 4.42 Å². The second kappa shape index (κ2) is 7.45. The monoisotopic (exact) mass is 374 g/mol. The van der Waals surface area contributed by atoms with Crippen molar-refractivity contribution in [3.8, 4) is 0 Å². The average molecular weight is 374 g/mol. The molecule has 6 nitrogen and oxygen atoms in total. The molecule has 1 fully saturated rings. The summed E-state index contributed by atoms with van der Waals surface area (Å²) < 4.78 is 5.62. The fourth-order valence-corrected chi connectivity index (χ4v) is 4.24. The quantitative estimate of drug-likeness (QED) is 0.692. The Morgan fingerprint density at radius 2 is 2.20 bits per heavy atom. The van der Waals surface area contributed by atoms with Gasteiger partial charge in [-0.1, -0.05) is 23.9 Å². The van der Waals surface area contributed by atoms with Gasteiger partial charge in [0.2, 0.25) is 5.91 Å². The molecule has 1 aliphatic heterocycles. The zero-order chi connectivity index (χ0) is 17.1. The van der Waals surface area contributed by atoms with Gasteiger partial charge in [-0.2, -0.15) is 0 Å². The van der Waals surface area contributed by atoms with Crippen molar-refractivity contribution in [1.29, 1.82) is 0 Å². The van der Waals surface area contributed by atoms with Crippen LogP contribution in [0.4, 0.5) is 5.13 Å². The van der Waals surface area contributed by atoms with Crippen LogP contribution in [0.25, 0.3) is 11.1 Å². The number of carbonyl (C=O) groups is 1. The van der Waals surface area contributed by atoms with E-state index in [1.165, 1.54) is 11.8 Å². The zero-order valence-electron chi connectivity index (χ0n) is 13.6. The number of para-hydroxylation sites is 2. The van der Waals surface area contributed by atoms with E-state index < -0.39 is 0 Å². The van der Waals surface area contributed by atoms with Crippen molar-refractivity contribution >= 4 is 45.2 Å². The molecule has 1 N–H and O–H groups in total. The third-order valence-corrected chi connectivity index (χ3v) is 5.81. The molecule has 0 aliphatic carbocycles. The van der Waals surface area contributed by atoms with Gasteiger partial charge in [-0.15, -0.1) is 11.3 Å². The predicted octanol–water partition coefficient (Wildman–Crippen LogP) is 3.16. The molecule has 1 aromatic carbocycles. The van der Waals surface area contributed by atoms with Crippen LogP contribution in [-0.2, 0) is 4.79 Å². The molecule has 0 atom stereocenters. The summed E-state index contributed by atoms with van der Waals surface area (Å²) in [6.07, 6.45) is 3.72. The lowest BCUT2D eigenvalue weighted by Crippen LogP contribution is -2.45. The maximum Gasteiger partial charge on any atom is 0.257 e. The summed E-state index contributed by atoms with van der Waals surface area (Å²) in [4.78, 5) is 23.2. The Balaban J connectivity index is 1.24. The topological polar surface area (TPSA) is 71.3 Å². The molecule has 0 saturated carbocycles. The minimum absolute atomic E-state index is 0.0277. The Morgan fingerprint density at radius 1 is 1.36 bits per heavy atom. The van der Waals surface area contributed by atoms with Crippen LogP contribution in [0, 0.1) is 0 Å². The van der Waals surface area contributed by atoms with Crippen LogP contribution in [0.5, 0.6) is 0 Å². The fourth-order valence-electron chi connectivity index (χ4n) is 2.90. The third-order valence-electron chi connectivity index (χ3n) is 4.15. The number of carbonyl (C=O) groups excluding carboxylic acids is 1. The Bertz CT molecular complexity index is 808. The smallest absolute Gasteiger partial charge is 0.257 e. The third kappa shape index (κ3) is 3.96. The first-order valence-electron chi connectivity index (χ1n) is 8.20. The number of nitrogens with zero attached hydrogens (tertiary/aromatic N) is 3. The standard InChI is InChI=1S/C17H18N4O2S2/c22-15(11-25-17-20-13-3-1-2-4-14(13)23-17)19-12-5-8-21(9-6-12)16-18-7-10-24-16/h1-4,7,10,12H,5-6,8-9,11H2,(H,19,22). The van der Waals surface area contributed by atoms with Gasteiger partial charge >= 0.3 is 0 Å². The number of fused-ring (bicyclic) bond motifs is 1. The predicted molar refractivity (Wildman–Crippen MR) is 100 cm³/mol. The summed E-state index contributed by atoms with van der Waals surface area (Å²) in [5, 5.41) is 6.71. The second-order valence-corrected chi connectivity index (χ2v) is 7.68. The number of nitrogens with one attached hydrogen (secondary N) is 1. The minimum atomic E-state index is 0.0277. The maximum atomic E-state index is 12.2. The Hall–Kier alpha value is -2.06. The van der Waals surface area contributed by atoms with E-state index in [0.717, 1.165) is 42.2 Å². The molecule has 3 aromatic rings. The number of aromatic nitrogens is 2. The van der Waals surface area contributed by atoms with Crippen molar-refractivity contribution in [2.24, 2.45) is 0 Å². The number of anilines is 1. The van der Waals surface area contributed by atoms with Crippen molar-refractivity contribution in [2.75, 3.05) is 23.7 Å². The van der Waals surface area contributed by atoms with E-state index >= 15 is 0 Å². The van der Waals surface area contributed by atoms with E-state index in [9.17, 15) is 4.79 Å². The molecule has 3 heterocycles. The molecule has 0 bridgehead atoms. The molecule has 130 valence electrons. The molecule has 0 unspecified atom stereocenters. The second-order valence-electron chi connectivity index (χ2n) is 5.88. The number of piperidine rings is 1. The first kappa shape index (κ1) is 16.4. The molecular formula is C17H18N4O2S2. The minimum Gasteiger partial charge on any atom is -0.431 e. The average Bonchev–Trinajstić information content (AvgIpc) is 3.30. The van der Waals surface area contributed by atoms with E-state index in [1.54, 1.807) is 11.3 Å². The van der Waals surface area contributed by atoms with Gasteiger partial charge in [0, 0.05) is 30.7 Å². The van der Waals surface area contributed by atoms with E-state index in [2.05, 4.69) is 20.2 Å². The maximum absolute atomic E-state index is 12.2. The van der Waals surface area contributed by atoms with E-state index in [0.29, 0.717) is 11.0 Å². The van der Waals surface area contributed by atoms with Crippen LogP contribution in [-0.4, -0.2) is 40.8 Å². The molecule has 8 heteroatoms. The van der Waals surface area contributed by atoms with Crippen molar-refractivity contribution in [3.05, 3.63) is 35.8 Å². The fraction of sp³-hybridized carbons (Fsp3) is 0.353. The van der Waals surface area contributed by atoms with Gasteiger partial charge in [-0.05, 0) is 25.0 Å². The zero-order valence-corrected chi connectivity index (χ0v) is 15.2. The van der Waals surface area contributed by atoms with Crippen molar-refractivity contribution in [1.82, 2.24) is 15.3 Å². The Labute approximate surface area is 153 Å². The number of oxazole rings is 1. The number of thiazole rings is 1. The van der Waals surface area contributed by atoms with Gasteiger partial charge in [0.15, 0.2) is 10.7 Å². The molecule has 4 rings (SSSR count). The number of hydrogen-bond acceptors (Lipinski definition) is 7. The van der Waals surface area contributed by atoms with Gasteiger partial charge < -0.3 is 14.6 Å². The number of benzene rings is 1. The highest BCUT2D eigenvalue weighted by atomic mass is 32.2. The largest absolute Gasteiger partial charge is 0.431 e. The van der Waals surface area contributed by atoms with Gasteiger partial charge in [-0.3, -0.25) is 4.79 Å². The van der Waals surface area contributed by atoms with Gasteiger partial charge in [0.1, 0.15) is 5.52 Å². The van der Waals surface area contributed by atoms with Gasteiger partial charge in [0.05, 0.1) is 5.75 Å². The van der Waals surface area contributed by atoms with Crippen LogP contribution in [0.2, 0.25) is 0 Å². The number of hydrogen-bond donors (Lipinski definition) is 1. The summed E-state index contributed by atoms with van der Waals surface area (Å²) in [5.41, 5.74) is 1.57. The lowest BCUT2D eigenvalue weighted by molar-refractivity contribution is -0.119. The Morgan fingerprint density at radius 3 is 2.96 bits per heavy atom. The SMILES string of the molecule is O=C(CSc1nc2ccccc2o1)NC1CCN(c2nccs2)CC1.